The number of anilines is 1. The molecule has 0 spiro atoms. The van der Waals surface area contributed by atoms with Crippen molar-refractivity contribution in [3.8, 4) is 0 Å². The normalized spacial score (nSPS) is 19.5. The SMILES string of the molecule is Cc1ccc(NC(=O)CN2CCC(C(=O)NC3CCCC3)CC2)c(C)c1. The first-order valence-corrected chi connectivity index (χ1v) is 9.91. The Kier molecular flexibility index (Phi) is 6.30. The summed E-state index contributed by atoms with van der Waals surface area (Å²) in [5.41, 5.74) is 3.16. The standard InChI is InChI=1S/C21H31N3O2/c1-15-7-8-19(16(2)13-15)23-20(25)14-24-11-9-17(10-12-24)21(26)22-18-5-3-4-6-18/h7-8,13,17-18H,3-6,9-12,14H2,1-2H3,(H,22,26)(H,23,25). The third-order valence-electron chi connectivity index (χ3n) is 5.68. The first kappa shape index (κ1) is 18.9. The minimum atomic E-state index is 0.0193. The third kappa shape index (κ3) is 5.07. The van der Waals surface area contributed by atoms with Crippen LogP contribution in [0.2, 0.25) is 0 Å². The fourth-order valence-corrected chi connectivity index (χ4v) is 4.09. The van der Waals surface area contributed by atoms with Gasteiger partial charge < -0.3 is 10.6 Å². The zero-order chi connectivity index (χ0) is 18.5. The Morgan fingerprint density at radius 3 is 2.42 bits per heavy atom. The minimum absolute atomic E-state index is 0.0193. The van der Waals surface area contributed by atoms with E-state index in [-0.39, 0.29) is 17.7 Å². The predicted molar refractivity (Wildman–Crippen MR) is 104 cm³/mol. The molecule has 2 aliphatic rings. The molecular weight excluding hydrogens is 326 g/mol. The molecular formula is C21H31N3O2. The zero-order valence-electron chi connectivity index (χ0n) is 16.0. The first-order chi connectivity index (χ1) is 12.5. The highest BCUT2D eigenvalue weighted by atomic mass is 16.2. The van der Waals surface area contributed by atoms with E-state index in [0.717, 1.165) is 50.0 Å². The van der Waals surface area contributed by atoms with Crippen molar-refractivity contribution in [2.75, 3.05) is 25.0 Å². The highest BCUT2D eigenvalue weighted by molar-refractivity contribution is 5.93. The summed E-state index contributed by atoms with van der Waals surface area (Å²) in [6.45, 7) is 6.07. The smallest absolute Gasteiger partial charge is 0.238 e. The second kappa shape index (κ2) is 8.67. The second-order valence-corrected chi connectivity index (χ2v) is 7.91. The van der Waals surface area contributed by atoms with Crippen molar-refractivity contribution in [1.29, 1.82) is 0 Å². The number of amides is 2. The number of likely N-dealkylation sites (tertiary alicyclic amines) is 1. The Morgan fingerprint density at radius 1 is 1.08 bits per heavy atom. The largest absolute Gasteiger partial charge is 0.353 e. The van der Waals surface area contributed by atoms with Crippen LogP contribution in [0.3, 0.4) is 0 Å². The maximum absolute atomic E-state index is 12.4. The molecule has 0 atom stereocenters. The van der Waals surface area contributed by atoms with Gasteiger partial charge in [0.2, 0.25) is 11.8 Å². The summed E-state index contributed by atoms with van der Waals surface area (Å²) in [6, 6.07) is 6.44. The highest BCUT2D eigenvalue weighted by Gasteiger charge is 2.28. The van der Waals surface area contributed by atoms with Crippen LogP contribution in [-0.4, -0.2) is 42.4 Å². The molecule has 1 saturated heterocycles. The average Bonchev–Trinajstić information content (AvgIpc) is 3.11. The van der Waals surface area contributed by atoms with Gasteiger partial charge in [0.25, 0.3) is 0 Å². The second-order valence-electron chi connectivity index (χ2n) is 7.91. The molecule has 5 heteroatoms. The number of piperidine rings is 1. The van der Waals surface area contributed by atoms with Gasteiger partial charge in [0, 0.05) is 17.6 Å². The monoisotopic (exact) mass is 357 g/mol. The van der Waals surface area contributed by atoms with E-state index >= 15 is 0 Å². The van der Waals surface area contributed by atoms with Gasteiger partial charge in [-0.2, -0.15) is 0 Å². The number of carbonyl (C=O) groups excluding carboxylic acids is 2. The molecule has 5 nitrogen and oxygen atoms in total. The number of rotatable bonds is 5. The Morgan fingerprint density at radius 2 is 1.77 bits per heavy atom. The van der Waals surface area contributed by atoms with Crippen LogP contribution in [0.25, 0.3) is 0 Å². The van der Waals surface area contributed by atoms with E-state index in [1.807, 2.05) is 26.0 Å². The van der Waals surface area contributed by atoms with Gasteiger partial charge in [0.1, 0.15) is 0 Å². The molecule has 26 heavy (non-hydrogen) atoms. The van der Waals surface area contributed by atoms with Gasteiger partial charge in [-0.05, 0) is 64.3 Å². The first-order valence-electron chi connectivity index (χ1n) is 9.91. The van der Waals surface area contributed by atoms with Crippen molar-refractivity contribution >= 4 is 17.5 Å². The van der Waals surface area contributed by atoms with Crippen LogP contribution in [0.15, 0.2) is 18.2 Å². The Balaban J connectivity index is 1.41. The van der Waals surface area contributed by atoms with Crippen LogP contribution < -0.4 is 10.6 Å². The van der Waals surface area contributed by atoms with Gasteiger partial charge in [-0.1, -0.05) is 30.5 Å². The van der Waals surface area contributed by atoms with Crippen molar-refractivity contribution in [2.24, 2.45) is 5.92 Å². The number of hydrogen-bond donors (Lipinski definition) is 2. The van der Waals surface area contributed by atoms with E-state index in [4.69, 9.17) is 0 Å². The lowest BCUT2D eigenvalue weighted by Crippen LogP contribution is -2.45. The van der Waals surface area contributed by atoms with E-state index in [2.05, 4.69) is 21.6 Å². The Bertz CT molecular complexity index is 645. The molecule has 3 rings (SSSR count). The van der Waals surface area contributed by atoms with Crippen molar-refractivity contribution in [3.63, 3.8) is 0 Å². The van der Waals surface area contributed by atoms with E-state index in [1.165, 1.54) is 18.4 Å². The maximum atomic E-state index is 12.4. The van der Waals surface area contributed by atoms with Gasteiger partial charge in [0.15, 0.2) is 0 Å². The quantitative estimate of drug-likeness (QED) is 0.851. The van der Waals surface area contributed by atoms with Crippen LogP contribution in [0, 0.1) is 19.8 Å². The lowest BCUT2D eigenvalue weighted by atomic mass is 9.95. The lowest BCUT2D eigenvalue weighted by molar-refractivity contribution is -0.127. The summed E-state index contributed by atoms with van der Waals surface area (Å²) in [4.78, 5) is 26.9. The highest BCUT2D eigenvalue weighted by Crippen LogP contribution is 2.22. The average molecular weight is 357 g/mol. The zero-order valence-corrected chi connectivity index (χ0v) is 16.0. The number of nitrogens with one attached hydrogen (secondary N) is 2. The molecule has 2 fully saturated rings. The van der Waals surface area contributed by atoms with Crippen LogP contribution in [0.4, 0.5) is 5.69 Å². The van der Waals surface area contributed by atoms with Crippen LogP contribution in [0.5, 0.6) is 0 Å². The fraction of sp³-hybridized carbons (Fsp3) is 0.619. The van der Waals surface area contributed by atoms with Crippen molar-refractivity contribution in [1.82, 2.24) is 10.2 Å². The Hall–Kier alpha value is -1.88. The lowest BCUT2D eigenvalue weighted by Gasteiger charge is -2.31. The summed E-state index contributed by atoms with van der Waals surface area (Å²) >= 11 is 0. The van der Waals surface area contributed by atoms with E-state index < -0.39 is 0 Å². The maximum Gasteiger partial charge on any atom is 0.238 e. The van der Waals surface area contributed by atoms with Crippen LogP contribution in [0.1, 0.15) is 49.7 Å². The van der Waals surface area contributed by atoms with Crippen LogP contribution in [-0.2, 0) is 9.59 Å². The summed E-state index contributed by atoms with van der Waals surface area (Å²) < 4.78 is 0. The van der Waals surface area contributed by atoms with Crippen molar-refractivity contribution in [3.05, 3.63) is 29.3 Å². The molecule has 0 radical (unpaired) electrons. The molecule has 1 heterocycles. The van der Waals surface area contributed by atoms with Gasteiger partial charge in [-0.3, -0.25) is 14.5 Å². The molecule has 0 aromatic heterocycles. The number of nitrogens with zero attached hydrogens (tertiary/aromatic N) is 1. The van der Waals surface area contributed by atoms with Gasteiger partial charge in [0.05, 0.1) is 6.54 Å². The van der Waals surface area contributed by atoms with Gasteiger partial charge in [-0.15, -0.1) is 0 Å². The molecule has 1 aliphatic carbocycles. The molecule has 142 valence electrons. The molecule has 2 amide bonds. The number of aryl methyl sites for hydroxylation is 2. The molecule has 1 aromatic carbocycles. The molecule has 0 unspecified atom stereocenters. The van der Waals surface area contributed by atoms with E-state index in [1.54, 1.807) is 0 Å². The van der Waals surface area contributed by atoms with E-state index in [0.29, 0.717) is 12.6 Å². The Labute approximate surface area is 156 Å². The number of hydrogen-bond acceptors (Lipinski definition) is 3. The topological polar surface area (TPSA) is 61.4 Å². The minimum Gasteiger partial charge on any atom is -0.353 e. The summed E-state index contributed by atoms with van der Waals surface area (Å²) in [6.07, 6.45) is 6.41. The fourth-order valence-electron chi connectivity index (χ4n) is 4.09. The number of carbonyl (C=O) groups is 2. The van der Waals surface area contributed by atoms with Crippen molar-refractivity contribution < 1.29 is 9.59 Å². The van der Waals surface area contributed by atoms with Gasteiger partial charge >= 0.3 is 0 Å². The third-order valence-corrected chi connectivity index (χ3v) is 5.68. The van der Waals surface area contributed by atoms with Gasteiger partial charge in [-0.25, -0.2) is 0 Å². The molecule has 1 aliphatic heterocycles. The molecule has 0 bridgehead atoms. The van der Waals surface area contributed by atoms with Crippen LogP contribution >= 0.6 is 0 Å². The summed E-state index contributed by atoms with van der Waals surface area (Å²) in [5, 5.41) is 6.22. The van der Waals surface area contributed by atoms with Crippen molar-refractivity contribution in [2.45, 2.75) is 58.4 Å². The summed E-state index contributed by atoms with van der Waals surface area (Å²) in [5.74, 6) is 0.344. The predicted octanol–water partition coefficient (Wildman–Crippen LogP) is 3.01. The molecule has 1 aromatic rings. The summed E-state index contributed by atoms with van der Waals surface area (Å²) in [7, 11) is 0. The van der Waals surface area contributed by atoms with E-state index in [9.17, 15) is 9.59 Å². The molecule has 2 N–H and O–H groups in total. The molecule has 1 saturated carbocycles. The number of benzene rings is 1.